The molecule has 0 radical (unpaired) electrons. The van der Waals surface area contributed by atoms with Crippen LogP contribution in [0.4, 0.5) is 0 Å². The van der Waals surface area contributed by atoms with Gasteiger partial charge in [-0.25, -0.2) is 0 Å². The second-order valence-corrected chi connectivity index (χ2v) is 9.04. The summed E-state index contributed by atoms with van der Waals surface area (Å²) in [5.41, 5.74) is 2.24. The molecule has 1 aliphatic heterocycles. The molecule has 0 unspecified atom stereocenters. The number of aromatic hydroxyl groups is 1. The third-order valence-corrected chi connectivity index (χ3v) is 7.52. The molecule has 1 N–H and O–H groups in total. The van der Waals surface area contributed by atoms with Crippen LogP contribution in [0.5, 0.6) is 11.5 Å². The monoisotopic (exact) mass is 447 g/mol. The Hall–Kier alpha value is -3.48. The Morgan fingerprint density at radius 2 is 1.88 bits per heavy atom. The van der Waals surface area contributed by atoms with E-state index in [0.29, 0.717) is 41.0 Å². The van der Waals surface area contributed by atoms with Crippen molar-refractivity contribution in [1.29, 1.82) is 0 Å². The van der Waals surface area contributed by atoms with Crippen molar-refractivity contribution in [2.75, 3.05) is 13.7 Å². The van der Waals surface area contributed by atoms with Gasteiger partial charge < -0.3 is 9.84 Å². The van der Waals surface area contributed by atoms with Crippen LogP contribution in [0.3, 0.4) is 0 Å². The largest absolute Gasteiger partial charge is 0.507 e. The number of ketones is 2. The molecule has 0 saturated carbocycles. The maximum atomic E-state index is 13.4. The maximum Gasteiger partial charge on any atom is 0.233 e. The number of benzene rings is 1. The van der Waals surface area contributed by atoms with Gasteiger partial charge in [-0.15, -0.1) is 0 Å². The third-order valence-electron chi connectivity index (χ3n) is 7.52. The number of Topliss-reactive ketones (excluding diaryl/α,β-unsaturated/α-hetero) is 1. The predicted octanol–water partition coefficient (Wildman–Crippen LogP) is 2.85. The summed E-state index contributed by atoms with van der Waals surface area (Å²) in [5.74, 6) is -2.75. The molecule has 0 spiro atoms. The average Bonchev–Trinajstić information content (AvgIpc) is 3.05. The molecule has 1 aromatic rings. The molecule has 4 atom stereocenters. The van der Waals surface area contributed by atoms with Gasteiger partial charge in [-0.3, -0.25) is 24.1 Å². The summed E-state index contributed by atoms with van der Waals surface area (Å²) in [5, 5.41) is 10.9. The summed E-state index contributed by atoms with van der Waals surface area (Å²) in [6.07, 6.45) is 3.88. The molecule has 2 amide bonds. The number of methoxy groups -OCH3 is 1. The first-order valence-electron chi connectivity index (χ1n) is 11.2. The highest BCUT2D eigenvalue weighted by atomic mass is 16.5. The maximum absolute atomic E-state index is 13.4. The Bertz CT molecular complexity index is 1220. The summed E-state index contributed by atoms with van der Waals surface area (Å²) < 4.78 is 5.54. The Balaban J connectivity index is 1.75. The molecule has 33 heavy (non-hydrogen) atoms. The minimum absolute atomic E-state index is 0.0497. The van der Waals surface area contributed by atoms with Crippen LogP contribution in [-0.2, 0) is 19.2 Å². The number of fused-ring (bicyclic) bond motifs is 3. The number of carbonyl (C=O) groups is 4. The quantitative estimate of drug-likeness (QED) is 0.434. The van der Waals surface area contributed by atoms with Crippen molar-refractivity contribution < 1.29 is 29.0 Å². The normalized spacial score (nSPS) is 28.9. The van der Waals surface area contributed by atoms with Crippen LogP contribution in [0.2, 0.25) is 0 Å². The van der Waals surface area contributed by atoms with E-state index in [9.17, 15) is 24.3 Å². The van der Waals surface area contributed by atoms with Gasteiger partial charge in [-0.1, -0.05) is 17.7 Å². The number of amides is 2. The van der Waals surface area contributed by atoms with Crippen molar-refractivity contribution in [2.45, 2.75) is 32.6 Å². The van der Waals surface area contributed by atoms with E-state index in [1.54, 1.807) is 26.0 Å². The average molecular weight is 447 g/mol. The van der Waals surface area contributed by atoms with Crippen molar-refractivity contribution in [3.8, 4) is 11.5 Å². The zero-order valence-electron chi connectivity index (χ0n) is 18.8. The fourth-order valence-electron chi connectivity index (χ4n) is 6.07. The van der Waals surface area contributed by atoms with E-state index in [1.165, 1.54) is 24.2 Å². The van der Waals surface area contributed by atoms with Gasteiger partial charge in [0.05, 0.1) is 18.9 Å². The van der Waals surface area contributed by atoms with Gasteiger partial charge in [0, 0.05) is 34.7 Å². The first-order valence-corrected chi connectivity index (χ1v) is 11.2. The van der Waals surface area contributed by atoms with Gasteiger partial charge in [0.25, 0.3) is 0 Å². The van der Waals surface area contributed by atoms with Crippen LogP contribution in [0.1, 0.15) is 38.2 Å². The molecular weight excluding hydrogens is 422 g/mol. The number of nitrogens with zero attached hydrogens (tertiary/aromatic N) is 1. The number of likely N-dealkylation sites (tertiary alicyclic amines) is 1. The summed E-state index contributed by atoms with van der Waals surface area (Å²) in [7, 11) is 1.48. The lowest BCUT2D eigenvalue weighted by Crippen LogP contribution is -2.39. The number of allylic oxidation sites excluding steroid dienone is 6. The molecule has 1 aromatic carbocycles. The standard InChI is InChI=1S/C26H25NO6/c1-4-27-25(31)14-9-8-13-15(20(14)26(27)32)11-16-18(29)10-12(2)24(30)22(16)21(13)23-17(28)6-5-7-19(23)33-3/h5-8,10,14-15,20-21,28H,4,9,11H2,1-3H3/t14-,15+,20-,21-/m0/s1. The minimum atomic E-state index is -0.727. The Kier molecular flexibility index (Phi) is 4.88. The fraction of sp³-hybridized carbons (Fsp3) is 0.385. The number of carbonyl (C=O) groups excluding carboxylic acids is 4. The van der Waals surface area contributed by atoms with Gasteiger partial charge in [0.1, 0.15) is 11.5 Å². The number of phenolic OH excluding ortho intramolecular Hbond substituents is 1. The Morgan fingerprint density at radius 3 is 2.58 bits per heavy atom. The molecule has 4 aliphatic rings. The van der Waals surface area contributed by atoms with Crippen LogP contribution in [0.15, 0.2) is 52.6 Å². The fourth-order valence-corrected chi connectivity index (χ4v) is 6.07. The van der Waals surface area contributed by atoms with Crippen molar-refractivity contribution in [2.24, 2.45) is 17.8 Å². The lowest BCUT2D eigenvalue weighted by molar-refractivity contribution is -0.139. The highest BCUT2D eigenvalue weighted by Gasteiger charge is 2.56. The molecule has 1 saturated heterocycles. The van der Waals surface area contributed by atoms with E-state index in [-0.39, 0.29) is 35.6 Å². The molecule has 1 fully saturated rings. The summed E-state index contributed by atoms with van der Waals surface area (Å²) in [4.78, 5) is 53.9. The van der Waals surface area contributed by atoms with Crippen LogP contribution < -0.4 is 4.74 Å². The van der Waals surface area contributed by atoms with Gasteiger partial charge in [0.15, 0.2) is 11.6 Å². The van der Waals surface area contributed by atoms with Gasteiger partial charge in [-0.2, -0.15) is 0 Å². The van der Waals surface area contributed by atoms with Gasteiger partial charge >= 0.3 is 0 Å². The van der Waals surface area contributed by atoms with E-state index in [0.717, 1.165) is 5.57 Å². The molecule has 170 valence electrons. The molecule has 3 aliphatic carbocycles. The molecule has 5 rings (SSSR count). The zero-order valence-corrected chi connectivity index (χ0v) is 18.8. The zero-order chi connectivity index (χ0) is 23.6. The number of imide groups is 1. The van der Waals surface area contributed by atoms with Crippen molar-refractivity contribution >= 4 is 23.4 Å². The van der Waals surface area contributed by atoms with Gasteiger partial charge in [-0.05, 0) is 50.8 Å². The second-order valence-electron chi connectivity index (χ2n) is 9.04. The van der Waals surface area contributed by atoms with E-state index >= 15 is 0 Å². The summed E-state index contributed by atoms with van der Waals surface area (Å²) in [6, 6.07) is 4.87. The minimum Gasteiger partial charge on any atom is -0.507 e. The van der Waals surface area contributed by atoms with E-state index in [4.69, 9.17) is 4.74 Å². The molecular formula is C26H25NO6. The van der Waals surface area contributed by atoms with Crippen molar-refractivity contribution in [3.05, 3.63) is 58.2 Å². The van der Waals surface area contributed by atoms with E-state index in [1.807, 2.05) is 6.08 Å². The lowest BCUT2D eigenvalue weighted by Gasteiger charge is -2.42. The van der Waals surface area contributed by atoms with Crippen molar-refractivity contribution in [1.82, 2.24) is 4.90 Å². The molecule has 1 heterocycles. The molecule has 7 heteroatoms. The van der Waals surface area contributed by atoms with Crippen LogP contribution in [0, 0.1) is 17.8 Å². The Labute approximate surface area is 191 Å². The number of hydrogen-bond donors (Lipinski definition) is 1. The number of hydrogen-bond acceptors (Lipinski definition) is 6. The first-order chi connectivity index (χ1) is 15.8. The van der Waals surface area contributed by atoms with E-state index < -0.39 is 23.7 Å². The van der Waals surface area contributed by atoms with Crippen LogP contribution in [0.25, 0.3) is 0 Å². The Morgan fingerprint density at radius 1 is 1.12 bits per heavy atom. The summed E-state index contributed by atoms with van der Waals surface area (Å²) >= 11 is 0. The molecule has 0 aromatic heterocycles. The van der Waals surface area contributed by atoms with Crippen LogP contribution in [-0.4, -0.2) is 47.0 Å². The first kappa shape index (κ1) is 21.4. The predicted molar refractivity (Wildman–Crippen MR) is 118 cm³/mol. The summed E-state index contributed by atoms with van der Waals surface area (Å²) in [6.45, 7) is 3.69. The number of rotatable bonds is 3. The highest BCUT2D eigenvalue weighted by Crippen LogP contribution is 2.57. The van der Waals surface area contributed by atoms with E-state index in [2.05, 4.69) is 0 Å². The highest BCUT2D eigenvalue weighted by molar-refractivity contribution is 6.24. The topological polar surface area (TPSA) is 101 Å². The smallest absolute Gasteiger partial charge is 0.233 e. The van der Waals surface area contributed by atoms with Crippen LogP contribution >= 0.6 is 0 Å². The number of phenols is 1. The van der Waals surface area contributed by atoms with Gasteiger partial charge in [0.2, 0.25) is 11.8 Å². The molecule has 0 bridgehead atoms. The lowest BCUT2D eigenvalue weighted by atomic mass is 9.59. The number of ether oxygens (including phenoxy) is 1. The second kappa shape index (κ2) is 7.54. The van der Waals surface area contributed by atoms with Crippen molar-refractivity contribution in [3.63, 3.8) is 0 Å². The SMILES string of the molecule is CCN1C(=O)[C@H]2[C@H](CC=C3[C@H](c4c(O)cccc4OC)C4=C(C[C@H]32)C(=O)C=C(C)C4=O)C1=O. The third kappa shape index (κ3) is 2.88. The molecule has 7 nitrogen and oxygen atoms in total.